The Morgan fingerprint density at radius 3 is 2.82 bits per heavy atom. The van der Waals surface area contributed by atoms with E-state index in [1.165, 1.54) is 12.3 Å². The van der Waals surface area contributed by atoms with Gasteiger partial charge in [-0.3, -0.25) is 4.99 Å². The van der Waals surface area contributed by atoms with Crippen LogP contribution in [-0.4, -0.2) is 23.1 Å². The molecule has 7 heteroatoms. The van der Waals surface area contributed by atoms with Crippen LogP contribution in [0.5, 0.6) is 0 Å². The van der Waals surface area contributed by atoms with Crippen molar-refractivity contribution in [2.24, 2.45) is 15.3 Å². The Kier molecular flexibility index (Phi) is 4.78. The SMILES string of the molecule is CC(C1C=NC(C(F)(F)Cl)=CC1)S(C)=NC#N. The molecule has 0 fully saturated rings. The number of aliphatic imine (C=N–C) groups is 1. The number of halogens is 3. The van der Waals surface area contributed by atoms with E-state index in [-0.39, 0.29) is 11.2 Å². The van der Waals surface area contributed by atoms with Gasteiger partial charge in [0.05, 0.1) is 0 Å². The number of rotatable bonds is 3. The van der Waals surface area contributed by atoms with Crippen molar-refractivity contribution in [3.63, 3.8) is 0 Å². The fraction of sp³-hybridized carbons (Fsp3) is 0.600. The second kappa shape index (κ2) is 5.69. The zero-order valence-corrected chi connectivity index (χ0v) is 11.0. The zero-order chi connectivity index (χ0) is 13.1. The summed E-state index contributed by atoms with van der Waals surface area (Å²) in [5, 5.41) is 5.15. The summed E-state index contributed by atoms with van der Waals surface area (Å²) >= 11 is 4.88. The van der Waals surface area contributed by atoms with Crippen LogP contribution in [0.2, 0.25) is 0 Å². The number of allylic oxidation sites excluding steroid dienone is 2. The van der Waals surface area contributed by atoms with E-state index in [4.69, 9.17) is 16.9 Å². The summed E-state index contributed by atoms with van der Waals surface area (Å²) in [6.07, 6.45) is 6.87. The fourth-order valence-electron chi connectivity index (χ4n) is 1.44. The van der Waals surface area contributed by atoms with Crippen molar-refractivity contribution in [1.82, 2.24) is 0 Å². The molecule has 0 spiro atoms. The molecule has 0 radical (unpaired) electrons. The second-order valence-corrected chi connectivity index (χ2v) is 6.13. The first-order valence-electron chi connectivity index (χ1n) is 4.92. The first-order chi connectivity index (χ1) is 7.86. The van der Waals surface area contributed by atoms with Crippen molar-refractivity contribution in [3.8, 4) is 6.19 Å². The van der Waals surface area contributed by atoms with Crippen LogP contribution < -0.4 is 0 Å². The third kappa shape index (κ3) is 3.86. The fourth-order valence-corrected chi connectivity index (χ4v) is 2.55. The molecule has 1 heterocycles. The molecular weight excluding hydrogens is 268 g/mol. The molecule has 3 unspecified atom stereocenters. The van der Waals surface area contributed by atoms with Crippen molar-refractivity contribution < 1.29 is 8.78 Å². The minimum Gasteiger partial charge on any atom is -0.258 e. The highest BCUT2D eigenvalue weighted by Gasteiger charge is 2.33. The van der Waals surface area contributed by atoms with Crippen molar-refractivity contribution in [3.05, 3.63) is 11.8 Å². The number of hydrogen-bond acceptors (Lipinski definition) is 3. The molecule has 3 nitrogen and oxygen atoms in total. The zero-order valence-electron chi connectivity index (χ0n) is 9.40. The number of nitriles is 1. The summed E-state index contributed by atoms with van der Waals surface area (Å²) in [4.78, 5) is 3.68. The van der Waals surface area contributed by atoms with E-state index in [0.717, 1.165) is 0 Å². The average molecular weight is 280 g/mol. The molecule has 0 saturated heterocycles. The van der Waals surface area contributed by atoms with Gasteiger partial charge in [-0.2, -0.15) is 18.4 Å². The molecule has 0 saturated carbocycles. The van der Waals surface area contributed by atoms with Gasteiger partial charge in [0.1, 0.15) is 5.70 Å². The first-order valence-corrected chi connectivity index (χ1v) is 6.95. The van der Waals surface area contributed by atoms with Crippen molar-refractivity contribution in [2.45, 2.75) is 24.0 Å². The third-order valence-electron chi connectivity index (χ3n) is 2.60. The van der Waals surface area contributed by atoms with Crippen molar-refractivity contribution >= 4 is 28.5 Å². The van der Waals surface area contributed by atoms with Crippen LogP contribution in [0.25, 0.3) is 0 Å². The van der Waals surface area contributed by atoms with Gasteiger partial charge in [0.25, 0.3) is 0 Å². The maximum Gasteiger partial charge on any atom is 0.364 e. The van der Waals surface area contributed by atoms with Gasteiger partial charge in [0, 0.05) is 17.4 Å². The van der Waals surface area contributed by atoms with Gasteiger partial charge in [0.15, 0.2) is 0 Å². The molecule has 94 valence electrons. The minimum absolute atomic E-state index is 0.0169. The summed E-state index contributed by atoms with van der Waals surface area (Å²) in [5.41, 5.74) is -0.407. The van der Waals surface area contributed by atoms with Crippen LogP contribution in [0, 0.1) is 17.4 Å². The van der Waals surface area contributed by atoms with Crippen LogP contribution in [-0.2, 0) is 10.7 Å². The predicted octanol–water partition coefficient (Wildman–Crippen LogP) is 3.09. The van der Waals surface area contributed by atoms with Crippen LogP contribution in [0.1, 0.15) is 13.3 Å². The van der Waals surface area contributed by atoms with Gasteiger partial charge in [-0.25, -0.2) is 0 Å². The molecule has 3 atom stereocenters. The third-order valence-corrected chi connectivity index (χ3v) is 4.59. The average Bonchev–Trinajstić information content (AvgIpc) is 2.27. The van der Waals surface area contributed by atoms with Crippen LogP contribution in [0.4, 0.5) is 8.78 Å². The highest BCUT2D eigenvalue weighted by molar-refractivity contribution is 7.87. The summed E-state index contributed by atoms with van der Waals surface area (Å²) in [6.45, 7) is 1.93. The molecule has 1 aliphatic rings. The Bertz CT molecular complexity index is 420. The summed E-state index contributed by atoms with van der Waals surface area (Å²) in [6, 6.07) is 0. The van der Waals surface area contributed by atoms with Gasteiger partial charge in [0.2, 0.25) is 6.19 Å². The molecular formula is C10H12ClF2N3S. The summed E-state index contributed by atoms with van der Waals surface area (Å²) < 4.78 is 29.2. The molecule has 0 bridgehead atoms. The van der Waals surface area contributed by atoms with Crippen molar-refractivity contribution in [2.75, 3.05) is 6.26 Å². The molecule has 1 aliphatic heterocycles. The number of alkyl halides is 3. The lowest BCUT2D eigenvalue weighted by molar-refractivity contribution is 0.136. The summed E-state index contributed by atoms with van der Waals surface area (Å²) in [7, 11) is -0.422. The molecule has 0 aromatic carbocycles. The van der Waals surface area contributed by atoms with E-state index in [1.807, 2.05) is 13.2 Å². The maximum absolute atomic E-state index is 12.7. The lowest BCUT2D eigenvalue weighted by Gasteiger charge is -2.22. The first kappa shape index (κ1) is 14.3. The monoisotopic (exact) mass is 279 g/mol. The number of nitrogens with zero attached hydrogens (tertiary/aromatic N) is 3. The Balaban J connectivity index is 2.72. The highest BCUT2D eigenvalue weighted by Crippen LogP contribution is 2.32. The van der Waals surface area contributed by atoms with E-state index in [0.29, 0.717) is 6.42 Å². The van der Waals surface area contributed by atoms with E-state index < -0.39 is 21.8 Å². The molecule has 0 N–H and O–H groups in total. The molecule has 0 aromatic heterocycles. The smallest absolute Gasteiger partial charge is 0.258 e. The van der Waals surface area contributed by atoms with E-state index in [9.17, 15) is 8.78 Å². The molecule has 1 rings (SSSR count). The van der Waals surface area contributed by atoms with Crippen LogP contribution in [0.3, 0.4) is 0 Å². The van der Waals surface area contributed by atoms with Gasteiger partial charge in [-0.1, -0.05) is 23.7 Å². The minimum atomic E-state index is -3.41. The van der Waals surface area contributed by atoms with Gasteiger partial charge < -0.3 is 0 Å². The topological polar surface area (TPSA) is 48.5 Å². The Hall–Kier alpha value is -0.800. The lowest BCUT2D eigenvalue weighted by atomic mass is 10.0. The van der Waals surface area contributed by atoms with Crippen molar-refractivity contribution in [1.29, 1.82) is 5.26 Å². The number of hydrogen-bond donors (Lipinski definition) is 0. The van der Waals surface area contributed by atoms with Crippen LogP contribution in [0.15, 0.2) is 21.1 Å². The van der Waals surface area contributed by atoms with E-state index >= 15 is 0 Å². The normalized spacial score (nSPS) is 24.0. The Morgan fingerprint density at radius 1 is 1.76 bits per heavy atom. The van der Waals surface area contributed by atoms with E-state index in [2.05, 4.69) is 9.36 Å². The Morgan fingerprint density at radius 2 is 2.41 bits per heavy atom. The highest BCUT2D eigenvalue weighted by atomic mass is 35.5. The summed E-state index contributed by atoms with van der Waals surface area (Å²) in [5.74, 6) is 0.0169. The standard InChI is InChI=1S/C10H12ClF2N3S/c1-7(17(2)16-6-14)8-3-4-9(15-5-8)10(11,12)13/h4-5,7-8H,3H2,1-2H3. The van der Waals surface area contributed by atoms with Gasteiger partial charge in [-0.05, 0) is 24.3 Å². The van der Waals surface area contributed by atoms with Crippen LogP contribution >= 0.6 is 11.6 Å². The largest absolute Gasteiger partial charge is 0.364 e. The second-order valence-electron chi connectivity index (χ2n) is 3.68. The molecule has 17 heavy (non-hydrogen) atoms. The lowest BCUT2D eigenvalue weighted by Crippen LogP contribution is -2.25. The quantitative estimate of drug-likeness (QED) is 0.578. The molecule has 0 aliphatic carbocycles. The Labute approximate surface area is 106 Å². The maximum atomic E-state index is 12.7. The molecule has 0 aromatic rings. The predicted molar refractivity (Wildman–Crippen MR) is 66.3 cm³/mol. The van der Waals surface area contributed by atoms with Gasteiger partial charge in [-0.15, -0.1) is 0 Å². The van der Waals surface area contributed by atoms with E-state index in [1.54, 1.807) is 6.19 Å². The van der Waals surface area contributed by atoms with Gasteiger partial charge >= 0.3 is 5.38 Å². The molecule has 0 amide bonds.